The van der Waals surface area contributed by atoms with Crippen molar-refractivity contribution in [2.75, 3.05) is 20.1 Å². The van der Waals surface area contributed by atoms with Gasteiger partial charge in [-0.1, -0.05) is 45.0 Å². The van der Waals surface area contributed by atoms with Crippen LogP contribution in [0.3, 0.4) is 0 Å². The lowest BCUT2D eigenvalue weighted by Crippen LogP contribution is -2.63. The number of rotatable bonds is 8. The summed E-state index contributed by atoms with van der Waals surface area (Å²) in [5.74, 6) is 0.437. The Kier molecular flexibility index (Phi) is 6.69. The molecule has 182 valence electrons. The van der Waals surface area contributed by atoms with Crippen molar-refractivity contribution in [3.05, 3.63) is 82.4 Å². The van der Waals surface area contributed by atoms with E-state index in [9.17, 15) is 10.2 Å². The molecule has 6 heteroatoms. The van der Waals surface area contributed by atoms with Crippen molar-refractivity contribution in [1.82, 2.24) is 19.7 Å². The summed E-state index contributed by atoms with van der Waals surface area (Å²) in [6.45, 7) is 10.0. The monoisotopic (exact) mass is 462 g/mol. The third-order valence-corrected chi connectivity index (χ3v) is 7.44. The van der Waals surface area contributed by atoms with Crippen LogP contribution in [0.1, 0.15) is 72.7 Å². The van der Waals surface area contributed by atoms with Gasteiger partial charge >= 0.3 is 0 Å². The van der Waals surface area contributed by atoms with Gasteiger partial charge in [-0.25, -0.2) is 0 Å². The Morgan fingerprint density at radius 3 is 2.32 bits per heavy atom. The number of nitrogens with zero attached hydrogens (tertiary/aromatic N) is 4. The molecule has 1 unspecified atom stereocenters. The van der Waals surface area contributed by atoms with Gasteiger partial charge in [0, 0.05) is 55.3 Å². The van der Waals surface area contributed by atoms with Gasteiger partial charge in [-0.2, -0.15) is 5.10 Å². The van der Waals surface area contributed by atoms with Crippen LogP contribution in [0.5, 0.6) is 0 Å². The van der Waals surface area contributed by atoms with E-state index in [0.29, 0.717) is 18.8 Å². The number of likely N-dealkylation sites (tertiary alicyclic amines) is 1. The lowest BCUT2D eigenvalue weighted by atomic mass is 9.62. The smallest absolute Gasteiger partial charge is 0.124 e. The van der Waals surface area contributed by atoms with Gasteiger partial charge in [-0.05, 0) is 55.5 Å². The van der Waals surface area contributed by atoms with Crippen molar-refractivity contribution < 1.29 is 10.2 Å². The number of aliphatic hydroxyl groups excluding tert-OH is 1. The number of pyridine rings is 1. The summed E-state index contributed by atoms with van der Waals surface area (Å²) in [6, 6.07) is 10.5. The van der Waals surface area contributed by atoms with Gasteiger partial charge in [0.2, 0.25) is 0 Å². The SMILES string of the molecule is Cc1nn(C)cc1C(O)CCc1cncc([C@@](O)(c2ccc(C(C)C)cc2)C2(C)CN(C)C2)c1. The first-order valence-electron chi connectivity index (χ1n) is 12.2. The fraction of sp³-hybridized carbons (Fsp3) is 0.500. The molecule has 4 rings (SSSR count). The van der Waals surface area contributed by atoms with Crippen LogP contribution in [-0.2, 0) is 19.1 Å². The molecule has 0 aliphatic carbocycles. The summed E-state index contributed by atoms with van der Waals surface area (Å²) in [6.07, 6.45) is 6.16. The van der Waals surface area contributed by atoms with E-state index in [4.69, 9.17) is 0 Å². The highest BCUT2D eigenvalue weighted by atomic mass is 16.3. The van der Waals surface area contributed by atoms with E-state index in [0.717, 1.165) is 41.0 Å². The summed E-state index contributed by atoms with van der Waals surface area (Å²) in [5, 5.41) is 27.4. The van der Waals surface area contributed by atoms with Crippen LogP contribution >= 0.6 is 0 Å². The van der Waals surface area contributed by atoms with Gasteiger partial charge in [-0.15, -0.1) is 0 Å². The number of aliphatic hydroxyl groups is 2. The van der Waals surface area contributed by atoms with Crippen LogP contribution in [0, 0.1) is 12.3 Å². The molecule has 1 aromatic carbocycles. The number of hydrogen-bond donors (Lipinski definition) is 2. The first-order chi connectivity index (χ1) is 16.0. The van der Waals surface area contributed by atoms with Crippen molar-refractivity contribution in [3.8, 4) is 0 Å². The Bertz CT molecular complexity index is 1130. The summed E-state index contributed by atoms with van der Waals surface area (Å²) in [5.41, 5.74) is 4.20. The zero-order valence-corrected chi connectivity index (χ0v) is 21.3. The second-order valence-corrected chi connectivity index (χ2v) is 10.7. The van der Waals surface area contributed by atoms with Crippen molar-refractivity contribution in [3.63, 3.8) is 0 Å². The predicted molar refractivity (Wildman–Crippen MR) is 135 cm³/mol. The molecule has 6 nitrogen and oxygen atoms in total. The zero-order chi connectivity index (χ0) is 24.7. The van der Waals surface area contributed by atoms with Crippen LogP contribution in [0.25, 0.3) is 0 Å². The molecule has 1 aliphatic rings. The van der Waals surface area contributed by atoms with Crippen molar-refractivity contribution >= 4 is 0 Å². The maximum atomic E-state index is 12.4. The molecule has 0 radical (unpaired) electrons. The van der Waals surface area contributed by atoms with Crippen LogP contribution in [0.15, 0.2) is 48.9 Å². The Balaban J connectivity index is 1.63. The van der Waals surface area contributed by atoms with E-state index < -0.39 is 11.7 Å². The molecule has 34 heavy (non-hydrogen) atoms. The Morgan fingerprint density at radius 1 is 1.09 bits per heavy atom. The molecular formula is C28H38N4O2. The van der Waals surface area contributed by atoms with Gasteiger partial charge < -0.3 is 15.1 Å². The van der Waals surface area contributed by atoms with E-state index in [1.165, 1.54) is 5.56 Å². The summed E-state index contributed by atoms with van der Waals surface area (Å²) in [4.78, 5) is 6.75. The molecule has 2 N–H and O–H groups in total. The Labute approximate surface area is 203 Å². The van der Waals surface area contributed by atoms with Gasteiger partial charge in [0.1, 0.15) is 5.60 Å². The number of aryl methyl sites for hydroxylation is 3. The summed E-state index contributed by atoms with van der Waals surface area (Å²) < 4.78 is 1.73. The molecular weight excluding hydrogens is 424 g/mol. The van der Waals surface area contributed by atoms with E-state index >= 15 is 0 Å². The third kappa shape index (κ3) is 4.42. The van der Waals surface area contributed by atoms with Gasteiger partial charge in [0.25, 0.3) is 0 Å². The largest absolute Gasteiger partial charge is 0.388 e. The van der Waals surface area contributed by atoms with E-state index in [1.807, 2.05) is 26.4 Å². The molecule has 1 saturated heterocycles. The first-order valence-corrected chi connectivity index (χ1v) is 12.2. The highest BCUT2D eigenvalue weighted by Crippen LogP contribution is 2.50. The van der Waals surface area contributed by atoms with Crippen molar-refractivity contribution in [2.45, 2.75) is 58.2 Å². The third-order valence-electron chi connectivity index (χ3n) is 7.44. The molecule has 2 atom stereocenters. The quantitative estimate of drug-likeness (QED) is 0.527. The Hall–Kier alpha value is -2.54. The van der Waals surface area contributed by atoms with Gasteiger partial charge in [0.15, 0.2) is 0 Å². The lowest BCUT2D eigenvalue weighted by Gasteiger charge is -2.56. The molecule has 1 aliphatic heterocycles. The minimum Gasteiger partial charge on any atom is -0.388 e. The maximum absolute atomic E-state index is 12.4. The van der Waals surface area contributed by atoms with E-state index in [-0.39, 0.29) is 5.41 Å². The van der Waals surface area contributed by atoms with Crippen LogP contribution in [0.4, 0.5) is 0 Å². The zero-order valence-electron chi connectivity index (χ0n) is 21.3. The molecule has 0 spiro atoms. The highest BCUT2D eigenvalue weighted by Gasteiger charge is 2.55. The Morgan fingerprint density at radius 2 is 1.76 bits per heavy atom. The molecule has 3 heterocycles. The topological polar surface area (TPSA) is 74.4 Å². The molecule has 0 bridgehead atoms. The fourth-order valence-corrected chi connectivity index (χ4v) is 5.57. The number of benzene rings is 1. The molecule has 3 aromatic rings. The van der Waals surface area contributed by atoms with E-state index in [1.54, 1.807) is 10.9 Å². The molecule has 2 aromatic heterocycles. The second kappa shape index (κ2) is 9.25. The van der Waals surface area contributed by atoms with E-state index in [2.05, 4.69) is 73.1 Å². The summed E-state index contributed by atoms with van der Waals surface area (Å²) in [7, 11) is 3.95. The average Bonchev–Trinajstić information content (AvgIpc) is 3.14. The minimum atomic E-state index is -1.16. The lowest BCUT2D eigenvalue weighted by molar-refractivity contribution is -0.127. The minimum absolute atomic E-state index is 0.326. The average molecular weight is 463 g/mol. The normalized spacial score (nSPS) is 18.5. The van der Waals surface area contributed by atoms with Crippen LogP contribution in [0.2, 0.25) is 0 Å². The van der Waals surface area contributed by atoms with Crippen LogP contribution < -0.4 is 0 Å². The number of hydrogen-bond acceptors (Lipinski definition) is 5. The molecule has 0 amide bonds. The number of aromatic nitrogens is 3. The van der Waals surface area contributed by atoms with Crippen molar-refractivity contribution in [1.29, 1.82) is 0 Å². The fourth-order valence-electron chi connectivity index (χ4n) is 5.57. The molecule has 1 fully saturated rings. The van der Waals surface area contributed by atoms with Gasteiger partial charge in [0.05, 0.1) is 11.8 Å². The standard InChI is InChI=1S/C28H38N4O2/c1-19(2)22-8-10-23(11-9-22)28(34,27(4)17-31(5)18-27)24-13-21(14-29-15-24)7-12-26(33)25-16-32(6)30-20(25)3/h8-11,13-16,19,26,33-34H,7,12,17-18H2,1-6H3/t26?,28-/m0/s1. The first kappa shape index (κ1) is 24.6. The van der Waals surface area contributed by atoms with Crippen LogP contribution in [-0.4, -0.2) is 50.0 Å². The predicted octanol–water partition coefficient (Wildman–Crippen LogP) is 4.10. The molecule has 0 saturated carbocycles. The second-order valence-electron chi connectivity index (χ2n) is 10.7. The maximum Gasteiger partial charge on any atom is 0.124 e. The summed E-state index contributed by atoms with van der Waals surface area (Å²) >= 11 is 0. The highest BCUT2D eigenvalue weighted by molar-refractivity contribution is 5.42. The van der Waals surface area contributed by atoms with Crippen molar-refractivity contribution in [2.24, 2.45) is 12.5 Å². The van der Waals surface area contributed by atoms with Gasteiger partial charge in [-0.3, -0.25) is 9.67 Å².